The van der Waals surface area contributed by atoms with Crippen molar-refractivity contribution in [2.24, 2.45) is 9.98 Å². The Hall–Kier alpha value is -3.97. The van der Waals surface area contributed by atoms with Gasteiger partial charge in [0.15, 0.2) is 17.2 Å². The zero-order valence-corrected chi connectivity index (χ0v) is 20.9. The topological polar surface area (TPSA) is 149 Å². The molecule has 0 unspecified atom stereocenters. The Labute approximate surface area is 214 Å². The second kappa shape index (κ2) is 11.0. The van der Waals surface area contributed by atoms with Gasteiger partial charge in [-0.1, -0.05) is 0 Å². The van der Waals surface area contributed by atoms with Crippen molar-refractivity contribution in [1.29, 1.82) is 0 Å². The summed E-state index contributed by atoms with van der Waals surface area (Å²) < 4.78 is 22.6. The van der Waals surface area contributed by atoms with Crippen LogP contribution in [-0.4, -0.2) is 97.3 Å². The van der Waals surface area contributed by atoms with Crippen LogP contribution in [0.25, 0.3) is 0 Å². The highest BCUT2D eigenvalue weighted by Gasteiger charge is 2.33. The van der Waals surface area contributed by atoms with Gasteiger partial charge in [0, 0.05) is 31.7 Å². The lowest BCUT2D eigenvalue weighted by molar-refractivity contribution is 0.0357. The zero-order valence-electron chi connectivity index (χ0n) is 20.9. The number of aromatic nitrogens is 2. The molecule has 13 nitrogen and oxygen atoms in total. The molecule has 3 N–H and O–H groups in total. The number of nitrogens with two attached hydrogens (primary N) is 1. The minimum Gasteiger partial charge on any atom is -0.491 e. The molecule has 1 aromatic carbocycles. The monoisotopic (exact) mass is 510 g/mol. The highest BCUT2D eigenvalue weighted by molar-refractivity contribution is 6.18. The molecule has 0 radical (unpaired) electrons. The number of aliphatic imine (C=N–C) groups is 2. The van der Waals surface area contributed by atoms with Gasteiger partial charge in [0.2, 0.25) is 11.9 Å². The van der Waals surface area contributed by atoms with Crippen LogP contribution in [0.4, 0.5) is 16.4 Å². The van der Waals surface area contributed by atoms with Gasteiger partial charge in [0.25, 0.3) is 0 Å². The Morgan fingerprint density at radius 2 is 2.05 bits per heavy atom. The second-order valence-corrected chi connectivity index (χ2v) is 8.63. The molecule has 1 fully saturated rings. The molecule has 0 atom stereocenters. The summed E-state index contributed by atoms with van der Waals surface area (Å²) in [7, 11) is 1.57. The van der Waals surface area contributed by atoms with E-state index in [0.717, 1.165) is 44.8 Å². The maximum Gasteiger partial charge on any atom is 0.419 e. The molecule has 3 aliphatic heterocycles. The average molecular weight is 511 g/mol. The molecule has 1 saturated heterocycles. The van der Waals surface area contributed by atoms with E-state index in [1.807, 2.05) is 17.0 Å². The fraction of sp³-hybridized carbons (Fsp3) is 0.458. The molecule has 13 heteroatoms. The summed E-state index contributed by atoms with van der Waals surface area (Å²) in [6.07, 6.45) is 1.49. The number of amides is 1. The number of rotatable bonds is 7. The summed E-state index contributed by atoms with van der Waals surface area (Å²) in [5, 5.41) is 2.72. The van der Waals surface area contributed by atoms with E-state index in [4.69, 9.17) is 29.7 Å². The van der Waals surface area contributed by atoms with E-state index in [0.29, 0.717) is 48.4 Å². The summed E-state index contributed by atoms with van der Waals surface area (Å²) in [4.78, 5) is 34.1. The Bertz CT molecular complexity index is 1230. The van der Waals surface area contributed by atoms with Crippen LogP contribution in [0, 0.1) is 6.92 Å². The second-order valence-electron chi connectivity index (χ2n) is 8.63. The first-order chi connectivity index (χ1) is 18.0. The van der Waals surface area contributed by atoms with Crippen LogP contribution in [0.5, 0.6) is 17.2 Å². The number of fused-ring (bicyclic) bond motifs is 3. The number of morpholine rings is 1. The predicted molar refractivity (Wildman–Crippen MR) is 136 cm³/mol. The molecule has 0 saturated carbocycles. The van der Waals surface area contributed by atoms with Gasteiger partial charge in [-0.2, -0.15) is 0 Å². The number of nitrogen functional groups attached to an aromatic ring is 1. The van der Waals surface area contributed by atoms with Crippen LogP contribution in [0.2, 0.25) is 0 Å². The number of methoxy groups -OCH3 is 1. The normalized spacial score (nSPS) is 16.9. The first-order valence-electron chi connectivity index (χ1n) is 12.2. The summed E-state index contributed by atoms with van der Waals surface area (Å²) in [6, 6.07) is 3.79. The summed E-state index contributed by atoms with van der Waals surface area (Å²) in [6.45, 7) is 7.72. The first kappa shape index (κ1) is 24.7. The number of hydrogen-bond donors (Lipinski definition) is 2. The van der Waals surface area contributed by atoms with E-state index in [1.54, 1.807) is 14.0 Å². The van der Waals surface area contributed by atoms with Crippen LogP contribution < -0.4 is 25.3 Å². The van der Waals surface area contributed by atoms with E-state index in [2.05, 4.69) is 25.2 Å². The maximum absolute atomic E-state index is 12.7. The number of amidine groups is 1. The van der Waals surface area contributed by atoms with Crippen molar-refractivity contribution in [2.45, 2.75) is 13.3 Å². The van der Waals surface area contributed by atoms with E-state index in [1.165, 1.54) is 6.20 Å². The molecule has 37 heavy (non-hydrogen) atoms. The van der Waals surface area contributed by atoms with Crippen molar-refractivity contribution < 1.29 is 23.7 Å². The predicted octanol–water partition coefficient (Wildman–Crippen LogP) is 1.33. The minimum atomic E-state index is -0.737. The number of carbonyl (C=O) groups excluding carboxylic acids is 1. The lowest BCUT2D eigenvalue weighted by Crippen LogP contribution is -2.48. The van der Waals surface area contributed by atoms with Gasteiger partial charge in [-0.15, -0.1) is 0 Å². The third-order valence-corrected chi connectivity index (χ3v) is 6.20. The molecule has 0 aliphatic carbocycles. The molecule has 4 heterocycles. The molecule has 1 amide bonds. The van der Waals surface area contributed by atoms with E-state index < -0.39 is 6.09 Å². The number of guanidine groups is 1. The Kier molecular flexibility index (Phi) is 7.32. The molecule has 0 bridgehead atoms. The highest BCUT2D eigenvalue weighted by Crippen LogP contribution is 2.43. The first-order valence-corrected chi connectivity index (χ1v) is 12.2. The number of nitrogens with zero attached hydrogens (tertiary/aromatic N) is 6. The van der Waals surface area contributed by atoms with Crippen molar-refractivity contribution >= 4 is 29.5 Å². The van der Waals surface area contributed by atoms with E-state index >= 15 is 0 Å². The lowest BCUT2D eigenvalue weighted by Gasteiger charge is -2.28. The van der Waals surface area contributed by atoms with Gasteiger partial charge in [0.05, 0.1) is 45.4 Å². The summed E-state index contributed by atoms with van der Waals surface area (Å²) in [5.41, 5.74) is 7.36. The molecular formula is C24H30N8O5. The maximum atomic E-state index is 12.7. The number of carbonyl (C=O) groups is 1. The van der Waals surface area contributed by atoms with Crippen LogP contribution in [0.1, 0.15) is 17.7 Å². The van der Waals surface area contributed by atoms with E-state index in [9.17, 15) is 4.79 Å². The number of anilines is 1. The average Bonchev–Trinajstić information content (AvgIpc) is 3.39. The van der Waals surface area contributed by atoms with Gasteiger partial charge < -0.3 is 24.7 Å². The number of hydrogen-bond acceptors (Lipinski definition) is 12. The van der Waals surface area contributed by atoms with Crippen molar-refractivity contribution in [2.75, 3.05) is 65.4 Å². The largest absolute Gasteiger partial charge is 0.491 e. The smallest absolute Gasteiger partial charge is 0.419 e. The van der Waals surface area contributed by atoms with Gasteiger partial charge in [-0.05, 0) is 25.5 Å². The Morgan fingerprint density at radius 3 is 2.84 bits per heavy atom. The third kappa shape index (κ3) is 5.42. The molecule has 1 aromatic heterocycles. The van der Waals surface area contributed by atoms with Crippen molar-refractivity contribution in [3.8, 4) is 17.2 Å². The van der Waals surface area contributed by atoms with Crippen molar-refractivity contribution in [1.82, 2.24) is 25.1 Å². The lowest BCUT2D eigenvalue weighted by atomic mass is 10.1. The zero-order chi connectivity index (χ0) is 25.8. The highest BCUT2D eigenvalue weighted by atomic mass is 16.6. The molecular weight excluding hydrogens is 480 g/mol. The fourth-order valence-corrected chi connectivity index (χ4v) is 4.39. The quantitative estimate of drug-likeness (QED) is 0.522. The van der Waals surface area contributed by atoms with Gasteiger partial charge in [-0.25, -0.2) is 19.8 Å². The van der Waals surface area contributed by atoms with Crippen molar-refractivity contribution in [3.63, 3.8) is 0 Å². The van der Waals surface area contributed by atoms with E-state index in [-0.39, 0.29) is 17.7 Å². The van der Waals surface area contributed by atoms with Crippen LogP contribution in [-0.2, 0) is 4.74 Å². The van der Waals surface area contributed by atoms with Gasteiger partial charge >= 0.3 is 6.09 Å². The number of nitrogens with one attached hydrogen (secondary N) is 1. The fourth-order valence-electron chi connectivity index (χ4n) is 4.39. The summed E-state index contributed by atoms with van der Waals surface area (Å²) in [5.74, 6) is 2.34. The molecule has 2 aromatic rings. The van der Waals surface area contributed by atoms with Crippen molar-refractivity contribution in [3.05, 3.63) is 29.6 Å². The minimum absolute atomic E-state index is 0.0997. The van der Waals surface area contributed by atoms with Gasteiger partial charge in [-0.3, -0.25) is 20.1 Å². The van der Waals surface area contributed by atoms with Crippen LogP contribution in [0.3, 0.4) is 0 Å². The molecule has 5 rings (SSSR count). The Balaban J connectivity index is 1.32. The van der Waals surface area contributed by atoms with Gasteiger partial charge in [0.1, 0.15) is 11.5 Å². The summed E-state index contributed by atoms with van der Waals surface area (Å²) >= 11 is 0. The molecule has 196 valence electrons. The molecule has 0 spiro atoms. The SMILES string of the molecule is COc1c(OCCCN2CCOCC2)ccc2c1N=C(NC(=O)Oc1cnc(N)nc1C)N1CCN=C21. The number of benzene rings is 1. The number of aryl methyl sites for hydroxylation is 1. The van der Waals surface area contributed by atoms with Crippen LogP contribution in [0.15, 0.2) is 28.3 Å². The number of ether oxygens (including phenoxy) is 4. The third-order valence-electron chi connectivity index (χ3n) is 6.20. The standard InChI is InChI=1S/C24H30N8O5/c1-15-18(14-27-22(25)28-15)37-24(33)30-23-29-19-16(21-26-6-8-32(21)23)4-5-17(20(19)34-2)36-11-3-7-31-9-12-35-13-10-31/h4-5,14H,3,6-13H2,1-2H3,(H2,25,27,28)(H,29,30,33). The van der Waals surface area contributed by atoms with Crippen LogP contribution >= 0.6 is 0 Å². The molecule has 3 aliphatic rings. The Morgan fingerprint density at radius 1 is 1.22 bits per heavy atom.